The highest BCUT2D eigenvalue weighted by Crippen LogP contribution is 2.43. The molecular formula is C53H94NO7P. The van der Waals surface area contributed by atoms with Crippen LogP contribution >= 0.6 is 7.82 Å². The fourth-order valence-electron chi connectivity index (χ4n) is 6.64. The number of ether oxygens (including phenoxy) is 2. The number of hydrogen-bond donors (Lipinski definition) is 2. The van der Waals surface area contributed by atoms with Crippen molar-refractivity contribution in [2.24, 2.45) is 5.73 Å². The summed E-state index contributed by atoms with van der Waals surface area (Å²) in [5.74, 6) is -0.348. The van der Waals surface area contributed by atoms with Gasteiger partial charge in [0.15, 0.2) is 0 Å². The Morgan fingerprint density at radius 1 is 0.500 bits per heavy atom. The van der Waals surface area contributed by atoms with Gasteiger partial charge in [-0.3, -0.25) is 13.8 Å². The third-order valence-electron chi connectivity index (χ3n) is 10.3. The van der Waals surface area contributed by atoms with Gasteiger partial charge in [-0.2, -0.15) is 0 Å². The maximum Gasteiger partial charge on any atom is 0.472 e. The summed E-state index contributed by atoms with van der Waals surface area (Å²) in [5, 5.41) is 0. The third kappa shape index (κ3) is 48.7. The minimum atomic E-state index is -4.29. The van der Waals surface area contributed by atoms with E-state index in [1.54, 1.807) is 0 Å². The minimum Gasteiger partial charge on any atom is -0.457 e. The molecule has 0 fully saturated rings. The molecule has 8 nitrogen and oxygen atoms in total. The number of unbranched alkanes of at least 4 members (excludes halogenated alkanes) is 20. The quantitative estimate of drug-likeness (QED) is 0.0269. The molecule has 2 unspecified atom stereocenters. The maximum atomic E-state index is 12.7. The Bertz CT molecular complexity index is 1220. The van der Waals surface area contributed by atoms with E-state index in [1.807, 2.05) is 0 Å². The second-order valence-electron chi connectivity index (χ2n) is 16.3. The Labute approximate surface area is 381 Å². The van der Waals surface area contributed by atoms with Crippen molar-refractivity contribution in [3.05, 3.63) is 85.1 Å². The van der Waals surface area contributed by atoms with Gasteiger partial charge in [0.05, 0.1) is 19.8 Å². The zero-order valence-electron chi connectivity index (χ0n) is 39.8. The van der Waals surface area contributed by atoms with E-state index in [4.69, 9.17) is 24.3 Å². The molecule has 0 bridgehead atoms. The van der Waals surface area contributed by atoms with Crippen molar-refractivity contribution in [2.45, 2.75) is 213 Å². The lowest BCUT2D eigenvalue weighted by atomic mass is 10.1. The fourth-order valence-corrected chi connectivity index (χ4v) is 7.41. The molecule has 9 heteroatoms. The predicted octanol–water partition coefficient (Wildman–Crippen LogP) is 15.6. The summed E-state index contributed by atoms with van der Waals surface area (Å²) < 4.78 is 33.6. The molecule has 0 aliphatic carbocycles. The number of allylic oxidation sites excluding steroid dienone is 14. The Morgan fingerprint density at radius 3 is 1.37 bits per heavy atom. The average Bonchev–Trinajstić information content (AvgIpc) is 3.26. The van der Waals surface area contributed by atoms with Crippen LogP contribution in [0.1, 0.15) is 206 Å². The molecule has 0 amide bonds. The smallest absolute Gasteiger partial charge is 0.457 e. The molecule has 0 heterocycles. The summed E-state index contributed by atoms with van der Waals surface area (Å²) in [6.45, 7) is 4.78. The van der Waals surface area contributed by atoms with Gasteiger partial charge in [-0.05, 0) is 89.9 Å². The van der Waals surface area contributed by atoms with Crippen LogP contribution in [0.5, 0.6) is 0 Å². The van der Waals surface area contributed by atoms with Crippen LogP contribution in [0.15, 0.2) is 85.1 Å². The van der Waals surface area contributed by atoms with Gasteiger partial charge in [-0.15, -0.1) is 0 Å². The molecule has 0 aromatic heterocycles. The number of carbonyl (C=O) groups excluding carboxylic acids is 1. The van der Waals surface area contributed by atoms with E-state index in [-0.39, 0.29) is 32.3 Å². The maximum absolute atomic E-state index is 12.7. The van der Waals surface area contributed by atoms with Crippen molar-refractivity contribution in [2.75, 3.05) is 33.0 Å². The predicted molar refractivity (Wildman–Crippen MR) is 265 cm³/mol. The normalized spacial score (nSPS) is 14.1. The summed E-state index contributed by atoms with van der Waals surface area (Å²) in [4.78, 5) is 22.6. The molecule has 3 N–H and O–H groups in total. The molecule has 0 rings (SSSR count). The first-order valence-electron chi connectivity index (χ1n) is 25.1. The molecule has 0 aromatic rings. The Balaban J connectivity index is 4.03. The Hall–Kier alpha value is -2.32. The molecule has 0 saturated heterocycles. The van der Waals surface area contributed by atoms with Gasteiger partial charge in [0, 0.05) is 19.6 Å². The van der Waals surface area contributed by atoms with Crippen molar-refractivity contribution >= 4 is 13.8 Å². The largest absolute Gasteiger partial charge is 0.472 e. The molecular weight excluding hydrogens is 794 g/mol. The zero-order chi connectivity index (χ0) is 45.1. The van der Waals surface area contributed by atoms with Crippen LogP contribution in [0, 0.1) is 0 Å². The highest BCUT2D eigenvalue weighted by atomic mass is 31.2. The molecule has 0 spiro atoms. The second kappa shape index (κ2) is 49.7. The first kappa shape index (κ1) is 59.7. The van der Waals surface area contributed by atoms with E-state index in [1.165, 1.54) is 103 Å². The highest BCUT2D eigenvalue weighted by molar-refractivity contribution is 7.47. The van der Waals surface area contributed by atoms with E-state index < -0.39 is 13.9 Å². The average molecular weight is 888 g/mol. The minimum absolute atomic E-state index is 0.0932. The van der Waals surface area contributed by atoms with Crippen molar-refractivity contribution in [3.8, 4) is 0 Å². The Kier molecular flexibility index (Phi) is 47.8. The number of carbonyl (C=O) groups is 1. The van der Waals surface area contributed by atoms with Gasteiger partial charge in [-0.25, -0.2) is 4.57 Å². The number of phosphoric ester groups is 1. The van der Waals surface area contributed by atoms with Gasteiger partial charge in [0.2, 0.25) is 0 Å². The van der Waals surface area contributed by atoms with E-state index in [0.717, 1.165) is 83.5 Å². The van der Waals surface area contributed by atoms with E-state index in [2.05, 4.69) is 98.9 Å². The first-order chi connectivity index (χ1) is 30.4. The van der Waals surface area contributed by atoms with Crippen LogP contribution in [-0.4, -0.2) is 49.9 Å². The van der Waals surface area contributed by atoms with Crippen LogP contribution in [-0.2, 0) is 27.9 Å². The van der Waals surface area contributed by atoms with Crippen LogP contribution in [0.3, 0.4) is 0 Å². The molecule has 0 saturated carbocycles. The third-order valence-corrected chi connectivity index (χ3v) is 11.3. The van der Waals surface area contributed by atoms with Crippen LogP contribution in [0.4, 0.5) is 0 Å². The molecule has 0 aliphatic heterocycles. The fraction of sp³-hybridized carbons (Fsp3) is 0.717. The number of nitrogens with two attached hydrogens (primary N) is 1. The summed E-state index contributed by atoms with van der Waals surface area (Å²) in [6.07, 6.45) is 64.6. The topological polar surface area (TPSA) is 117 Å². The summed E-state index contributed by atoms with van der Waals surface area (Å²) >= 11 is 0. The van der Waals surface area contributed by atoms with Gasteiger partial charge in [0.1, 0.15) is 6.10 Å². The van der Waals surface area contributed by atoms with Crippen LogP contribution in [0.2, 0.25) is 0 Å². The lowest BCUT2D eigenvalue weighted by molar-refractivity contribution is -0.154. The number of hydrogen-bond acceptors (Lipinski definition) is 7. The number of phosphoric acid groups is 1. The van der Waals surface area contributed by atoms with Gasteiger partial charge in [-0.1, -0.05) is 195 Å². The summed E-state index contributed by atoms with van der Waals surface area (Å²) in [5.41, 5.74) is 5.38. The molecule has 0 aromatic carbocycles. The SMILES string of the molecule is CC/C=C\C/C=C\C/C=C\C/C=C\C/C=C\C/C=C\CCCCCCCCC(=O)OC(COCCCCCCCCCC/C=C\CCCCCCCC)COP(=O)(O)OCCN. The molecule has 2 atom stereocenters. The number of rotatable bonds is 47. The molecule has 62 heavy (non-hydrogen) atoms. The van der Waals surface area contributed by atoms with E-state index in [0.29, 0.717) is 13.0 Å². The Morgan fingerprint density at radius 2 is 0.903 bits per heavy atom. The van der Waals surface area contributed by atoms with Gasteiger partial charge in [0.25, 0.3) is 0 Å². The lowest BCUT2D eigenvalue weighted by Crippen LogP contribution is -2.28. The first-order valence-corrected chi connectivity index (χ1v) is 26.6. The van der Waals surface area contributed by atoms with Crippen LogP contribution < -0.4 is 5.73 Å². The molecule has 0 radical (unpaired) electrons. The van der Waals surface area contributed by atoms with Crippen molar-refractivity contribution in [1.82, 2.24) is 0 Å². The zero-order valence-corrected chi connectivity index (χ0v) is 40.7. The second-order valence-corrected chi connectivity index (χ2v) is 17.7. The van der Waals surface area contributed by atoms with Gasteiger partial charge >= 0.3 is 13.8 Å². The van der Waals surface area contributed by atoms with E-state index in [9.17, 15) is 14.3 Å². The van der Waals surface area contributed by atoms with Crippen molar-refractivity contribution in [1.29, 1.82) is 0 Å². The molecule has 0 aliphatic rings. The van der Waals surface area contributed by atoms with Gasteiger partial charge < -0.3 is 20.1 Å². The summed E-state index contributed by atoms with van der Waals surface area (Å²) in [6, 6.07) is 0. The lowest BCUT2D eigenvalue weighted by Gasteiger charge is -2.20. The standard InChI is InChI=1S/C53H94NO7P/c1-3-5-7-9-11-13-15-17-19-21-23-24-25-26-27-28-29-30-32-34-36-38-40-42-44-46-53(55)61-52(51-60-62(56,57)59-49-47-54)50-58-48-45-43-41-39-37-35-33-31-22-20-18-16-14-12-10-8-6-4-2/h5,7,11,13,17-20,23-24,26-27,29-30,52H,3-4,6,8-10,12,14-16,21-22,25,28,31-51,54H2,1-2H3,(H,56,57)/b7-5-,13-11-,19-17-,20-18-,24-23-,27-26-,30-29-. The van der Waals surface area contributed by atoms with Crippen molar-refractivity contribution in [3.63, 3.8) is 0 Å². The summed E-state index contributed by atoms with van der Waals surface area (Å²) in [7, 11) is -4.29. The van der Waals surface area contributed by atoms with E-state index >= 15 is 0 Å². The molecule has 358 valence electrons. The van der Waals surface area contributed by atoms with Crippen molar-refractivity contribution < 1.29 is 32.8 Å². The monoisotopic (exact) mass is 888 g/mol. The highest BCUT2D eigenvalue weighted by Gasteiger charge is 2.25. The number of esters is 1. The van der Waals surface area contributed by atoms with Crippen LogP contribution in [0.25, 0.3) is 0 Å².